The summed E-state index contributed by atoms with van der Waals surface area (Å²) in [5, 5.41) is 8.53. The van der Waals surface area contributed by atoms with E-state index >= 15 is 0 Å². The van der Waals surface area contributed by atoms with Gasteiger partial charge >= 0.3 is 5.92 Å². The molecule has 0 amide bonds. The molecule has 0 spiro atoms. The van der Waals surface area contributed by atoms with Crippen LogP contribution in [-0.4, -0.2) is 9.55 Å². The highest BCUT2D eigenvalue weighted by molar-refractivity contribution is 5.76. The molecule has 0 atom stereocenters. The van der Waals surface area contributed by atoms with Gasteiger partial charge in [-0.1, -0.05) is 12.1 Å². The molecule has 0 aliphatic rings. The molecule has 0 fully saturated rings. The Bertz CT molecular complexity index is 593. The van der Waals surface area contributed by atoms with Crippen LogP contribution in [0, 0.1) is 11.3 Å². The summed E-state index contributed by atoms with van der Waals surface area (Å²) in [5.74, 6) is -4.06. The van der Waals surface area contributed by atoms with Gasteiger partial charge in [0.25, 0.3) is 0 Å². The number of halogens is 2. The van der Waals surface area contributed by atoms with Gasteiger partial charge in [-0.15, -0.1) is 0 Å². The van der Waals surface area contributed by atoms with Crippen LogP contribution >= 0.6 is 0 Å². The van der Waals surface area contributed by atoms with Crippen LogP contribution < -0.4 is 0 Å². The van der Waals surface area contributed by atoms with Crippen LogP contribution in [0.2, 0.25) is 0 Å². The summed E-state index contributed by atoms with van der Waals surface area (Å²) in [7, 11) is 0. The molecule has 5 heteroatoms. The van der Waals surface area contributed by atoms with Crippen LogP contribution in [0.25, 0.3) is 11.0 Å². The molecule has 2 rings (SSSR count). The number of fused-ring (bicyclic) bond motifs is 1. The first-order chi connectivity index (χ1) is 7.97. The SMILES string of the molecule is CC(C)n1c(C(F)(F)C#N)nc2ccccc21. The number of rotatable bonds is 2. The van der Waals surface area contributed by atoms with Crippen molar-refractivity contribution in [1.82, 2.24) is 9.55 Å². The molecule has 2 aromatic rings. The van der Waals surface area contributed by atoms with Gasteiger partial charge in [0.1, 0.15) is 6.07 Å². The van der Waals surface area contributed by atoms with Crippen LogP contribution in [0.15, 0.2) is 24.3 Å². The lowest BCUT2D eigenvalue weighted by Gasteiger charge is -2.15. The van der Waals surface area contributed by atoms with E-state index in [9.17, 15) is 8.78 Å². The standard InChI is InChI=1S/C12H11F2N3/c1-8(2)17-10-6-4-3-5-9(10)16-11(17)12(13,14)7-15/h3-6,8H,1-2H3. The molecule has 0 aliphatic carbocycles. The van der Waals surface area contributed by atoms with Crippen molar-refractivity contribution in [2.75, 3.05) is 0 Å². The van der Waals surface area contributed by atoms with Crippen molar-refractivity contribution in [3.63, 3.8) is 0 Å². The Morgan fingerprint density at radius 3 is 2.59 bits per heavy atom. The van der Waals surface area contributed by atoms with E-state index in [1.54, 1.807) is 38.1 Å². The summed E-state index contributed by atoms with van der Waals surface area (Å²) in [4.78, 5) is 3.87. The monoisotopic (exact) mass is 235 g/mol. The molecule has 0 saturated heterocycles. The molecule has 88 valence electrons. The molecule has 0 radical (unpaired) electrons. The Morgan fingerprint density at radius 1 is 1.35 bits per heavy atom. The number of nitrogens with zero attached hydrogens (tertiary/aromatic N) is 3. The van der Waals surface area contributed by atoms with Crippen molar-refractivity contribution in [3.05, 3.63) is 30.1 Å². The number of para-hydroxylation sites is 2. The summed E-state index contributed by atoms with van der Waals surface area (Å²) >= 11 is 0. The lowest BCUT2D eigenvalue weighted by atomic mass is 10.2. The zero-order valence-corrected chi connectivity index (χ0v) is 9.48. The number of hydrogen-bond acceptors (Lipinski definition) is 2. The average molecular weight is 235 g/mol. The number of benzene rings is 1. The predicted molar refractivity (Wildman–Crippen MR) is 59.6 cm³/mol. The fraction of sp³-hybridized carbons (Fsp3) is 0.333. The first kappa shape index (κ1) is 11.5. The number of imidazole rings is 1. The lowest BCUT2D eigenvalue weighted by Crippen LogP contribution is -2.19. The molecule has 17 heavy (non-hydrogen) atoms. The zero-order chi connectivity index (χ0) is 12.6. The largest absolute Gasteiger partial charge is 0.388 e. The van der Waals surface area contributed by atoms with Gasteiger partial charge in [-0.05, 0) is 26.0 Å². The third kappa shape index (κ3) is 1.76. The molecule has 0 aliphatic heterocycles. The van der Waals surface area contributed by atoms with Crippen LogP contribution in [0.5, 0.6) is 0 Å². The Balaban J connectivity index is 2.80. The minimum atomic E-state index is -3.57. The van der Waals surface area contributed by atoms with E-state index in [0.717, 1.165) is 6.07 Å². The Kier molecular flexibility index (Phi) is 2.58. The van der Waals surface area contributed by atoms with Crippen LogP contribution in [0.3, 0.4) is 0 Å². The van der Waals surface area contributed by atoms with Crippen LogP contribution in [0.4, 0.5) is 8.78 Å². The lowest BCUT2D eigenvalue weighted by molar-refractivity contribution is 0.0464. The molecule has 1 heterocycles. The van der Waals surface area contributed by atoms with Crippen molar-refractivity contribution in [1.29, 1.82) is 5.26 Å². The smallest absolute Gasteiger partial charge is 0.319 e. The van der Waals surface area contributed by atoms with E-state index in [1.807, 2.05) is 0 Å². The molecule has 0 unspecified atom stereocenters. The zero-order valence-electron chi connectivity index (χ0n) is 9.48. The molecule has 1 aromatic heterocycles. The molecule has 0 saturated carbocycles. The molecule has 0 bridgehead atoms. The first-order valence-electron chi connectivity index (χ1n) is 5.24. The quantitative estimate of drug-likeness (QED) is 0.801. The molecule has 3 nitrogen and oxygen atoms in total. The van der Waals surface area contributed by atoms with E-state index in [4.69, 9.17) is 5.26 Å². The molecule has 0 N–H and O–H groups in total. The summed E-state index contributed by atoms with van der Waals surface area (Å²) in [6, 6.07) is 7.68. The van der Waals surface area contributed by atoms with Gasteiger partial charge in [0.05, 0.1) is 11.0 Å². The van der Waals surface area contributed by atoms with Gasteiger partial charge in [-0.3, -0.25) is 0 Å². The summed E-state index contributed by atoms with van der Waals surface area (Å²) in [5.41, 5.74) is 1.10. The minimum Gasteiger partial charge on any atom is -0.319 e. The second kappa shape index (κ2) is 3.81. The normalized spacial score (nSPS) is 12.0. The minimum absolute atomic E-state index is 0.184. The number of alkyl halides is 2. The highest BCUT2D eigenvalue weighted by atomic mass is 19.3. The number of hydrogen-bond donors (Lipinski definition) is 0. The van der Waals surface area contributed by atoms with E-state index in [1.165, 1.54) is 4.57 Å². The highest BCUT2D eigenvalue weighted by Crippen LogP contribution is 2.31. The molecular weight excluding hydrogens is 224 g/mol. The van der Waals surface area contributed by atoms with E-state index < -0.39 is 11.7 Å². The maximum atomic E-state index is 13.5. The van der Waals surface area contributed by atoms with Gasteiger partial charge in [-0.2, -0.15) is 14.0 Å². The first-order valence-corrected chi connectivity index (χ1v) is 5.24. The van der Waals surface area contributed by atoms with Crippen molar-refractivity contribution in [2.24, 2.45) is 0 Å². The Hall–Kier alpha value is -1.96. The molecule has 1 aromatic carbocycles. The van der Waals surface area contributed by atoms with Gasteiger partial charge in [-0.25, -0.2) is 4.98 Å². The van der Waals surface area contributed by atoms with E-state index in [2.05, 4.69) is 4.98 Å². The average Bonchev–Trinajstić information content (AvgIpc) is 2.68. The number of aromatic nitrogens is 2. The fourth-order valence-electron chi connectivity index (χ4n) is 1.84. The van der Waals surface area contributed by atoms with E-state index in [-0.39, 0.29) is 6.04 Å². The second-order valence-electron chi connectivity index (χ2n) is 4.07. The Morgan fingerprint density at radius 2 is 2.00 bits per heavy atom. The maximum Gasteiger partial charge on any atom is 0.388 e. The van der Waals surface area contributed by atoms with Crippen molar-refractivity contribution in [2.45, 2.75) is 25.8 Å². The summed E-state index contributed by atoms with van der Waals surface area (Å²) < 4.78 is 28.4. The van der Waals surface area contributed by atoms with Gasteiger partial charge in [0.15, 0.2) is 5.82 Å². The van der Waals surface area contributed by atoms with Crippen molar-refractivity contribution < 1.29 is 8.78 Å². The Labute approximate surface area is 97.3 Å². The third-order valence-corrected chi connectivity index (χ3v) is 2.53. The van der Waals surface area contributed by atoms with Crippen LogP contribution in [-0.2, 0) is 5.92 Å². The molecular formula is C12H11F2N3. The van der Waals surface area contributed by atoms with Gasteiger partial charge < -0.3 is 4.57 Å². The topological polar surface area (TPSA) is 41.6 Å². The summed E-state index contributed by atoms with van der Waals surface area (Å²) in [6.45, 7) is 3.57. The highest BCUT2D eigenvalue weighted by Gasteiger charge is 2.38. The van der Waals surface area contributed by atoms with E-state index in [0.29, 0.717) is 11.0 Å². The fourth-order valence-corrected chi connectivity index (χ4v) is 1.84. The predicted octanol–water partition coefficient (Wildman–Crippen LogP) is 3.23. The third-order valence-electron chi connectivity index (χ3n) is 2.53. The van der Waals surface area contributed by atoms with Crippen LogP contribution in [0.1, 0.15) is 25.7 Å². The van der Waals surface area contributed by atoms with Crippen molar-refractivity contribution in [3.8, 4) is 6.07 Å². The summed E-state index contributed by atoms with van der Waals surface area (Å²) in [6.07, 6.45) is 0. The second-order valence-corrected chi connectivity index (χ2v) is 4.07. The van der Waals surface area contributed by atoms with Gasteiger partial charge in [0.2, 0.25) is 0 Å². The maximum absolute atomic E-state index is 13.5. The number of nitriles is 1. The van der Waals surface area contributed by atoms with Gasteiger partial charge in [0, 0.05) is 6.04 Å². The van der Waals surface area contributed by atoms with Crippen molar-refractivity contribution >= 4 is 11.0 Å².